The maximum atomic E-state index is 11.5. The molecule has 0 atom stereocenters. The summed E-state index contributed by atoms with van der Waals surface area (Å²) in [5.41, 5.74) is 2.18. The lowest BCUT2D eigenvalue weighted by molar-refractivity contribution is 0.0695. The molecule has 4 nitrogen and oxygen atoms in total. The summed E-state index contributed by atoms with van der Waals surface area (Å²) in [4.78, 5) is 23.0. The van der Waals surface area contributed by atoms with Gasteiger partial charge in [-0.25, -0.2) is 4.79 Å². The van der Waals surface area contributed by atoms with Crippen molar-refractivity contribution in [1.82, 2.24) is 4.57 Å². The van der Waals surface area contributed by atoms with E-state index in [9.17, 15) is 14.7 Å². The predicted octanol–water partition coefficient (Wildman–Crippen LogP) is 2.68. The number of carboxylic acids is 1. The molecule has 3 aliphatic rings. The van der Waals surface area contributed by atoms with Crippen LogP contribution in [-0.2, 0) is 0 Å². The number of hydrogen-bond donors (Lipinski definition) is 1. The standard InChI is InChI=1S/C15H15NO3/c1-9-14(15(18)19)13-7-12(17)6-5-10(13)8-16(9)11-3-2-4-11/h5-8,11H,2-4H2,1H3,(H,18,19). The van der Waals surface area contributed by atoms with Gasteiger partial charge in [0.25, 0.3) is 0 Å². The predicted molar refractivity (Wildman–Crippen MR) is 71.9 cm³/mol. The number of hydrogen-bond acceptors (Lipinski definition) is 2. The molecule has 0 spiro atoms. The van der Waals surface area contributed by atoms with E-state index in [4.69, 9.17) is 0 Å². The molecule has 19 heavy (non-hydrogen) atoms. The zero-order valence-corrected chi connectivity index (χ0v) is 10.7. The number of pyridine rings is 1. The fourth-order valence-electron chi connectivity index (χ4n) is 2.75. The summed E-state index contributed by atoms with van der Waals surface area (Å²) in [6.07, 6.45) is 5.35. The summed E-state index contributed by atoms with van der Waals surface area (Å²) < 4.78 is 2.06. The van der Waals surface area contributed by atoms with Gasteiger partial charge in [-0.15, -0.1) is 0 Å². The van der Waals surface area contributed by atoms with Crippen LogP contribution in [0, 0.1) is 6.92 Å². The second-order valence-electron chi connectivity index (χ2n) is 5.14. The van der Waals surface area contributed by atoms with Gasteiger partial charge in [0.15, 0.2) is 5.43 Å². The van der Waals surface area contributed by atoms with Gasteiger partial charge < -0.3 is 9.67 Å². The van der Waals surface area contributed by atoms with Gasteiger partial charge in [-0.3, -0.25) is 4.79 Å². The van der Waals surface area contributed by atoms with Gasteiger partial charge in [-0.2, -0.15) is 0 Å². The first kappa shape index (κ1) is 12.0. The third-order valence-electron chi connectivity index (χ3n) is 4.00. The van der Waals surface area contributed by atoms with E-state index in [1.807, 2.05) is 13.1 Å². The summed E-state index contributed by atoms with van der Waals surface area (Å²) in [5, 5.41) is 9.44. The topological polar surface area (TPSA) is 59.3 Å². The lowest BCUT2D eigenvalue weighted by Gasteiger charge is -2.32. The Kier molecular flexibility index (Phi) is 2.66. The molecule has 98 valence electrons. The van der Waals surface area contributed by atoms with Gasteiger partial charge in [0.05, 0.1) is 5.56 Å². The minimum Gasteiger partial charge on any atom is -0.478 e. The van der Waals surface area contributed by atoms with Crippen molar-refractivity contribution in [2.45, 2.75) is 32.2 Å². The number of carbonyl (C=O) groups is 1. The minimum atomic E-state index is -0.971. The van der Waals surface area contributed by atoms with E-state index in [1.165, 1.54) is 18.6 Å². The average molecular weight is 257 g/mol. The molecule has 0 unspecified atom stereocenters. The molecule has 4 heteroatoms. The number of fused-ring (bicyclic) bond motifs is 1. The molecule has 0 aromatic heterocycles. The van der Waals surface area contributed by atoms with Crippen LogP contribution in [0.5, 0.6) is 0 Å². The number of aromatic nitrogens is 1. The van der Waals surface area contributed by atoms with E-state index in [0.29, 0.717) is 11.6 Å². The minimum absolute atomic E-state index is 0.157. The van der Waals surface area contributed by atoms with Crippen molar-refractivity contribution >= 4 is 5.97 Å². The molecule has 1 saturated carbocycles. The van der Waals surface area contributed by atoms with Crippen LogP contribution in [0.25, 0.3) is 11.1 Å². The van der Waals surface area contributed by atoms with Crippen molar-refractivity contribution in [2.75, 3.05) is 0 Å². The quantitative estimate of drug-likeness (QED) is 0.899. The smallest absolute Gasteiger partial charge is 0.338 e. The van der Waals surface area contributed by atoms with E-state index in [2.05, 4.69) is 4.57 Å². The molecule has 1 N–H and O–H groups in total. The lowest BCUT2D eigenvalue weighted by atomic mass is 9.90. The average Bonchev–Trinajstić information content (AvgIpc) is 2.27. The van der Waals surface area contributed by atoms with Crippen LogP contribution >= 0.6 is 0 Å². The molecule has 3 rings (SSSR count). The van der Waals surface area contributed by atoms with Gasteiger partial charge in [0.1, 0.15) is 0 Å². The number of nitrogens with zero attached hydrogens (tertiary/aromatic N) is 1. The highest BCUT2D eigenvalue weighted by molar-refractivity contribution is 5.97. The lowest BCUT2D eigenvalue weighted by Crippen LogP contribution is -2.22. The SMILES string of the molecule is Cc1c(C(=O)O)c2cc(=O)ccc-2cn1C1CCC1. The molecule has 0 amide bonds. The second-order valence-corrected chi connectivity index (χ2v) is 5.14. The first-order valence-electron chi connectivity index (χ1n) is 6.47. The highest BCUT2D eigenvalue weighted by Crippen LogP contribution is 2.36. The van der Waals surface area contributed by atoms with Crippen LogP contribution in [-0.4, -0.2) is 15.6 Å². The number of aromatic carboxylic acids is 1. The van der Waals surface area contributed by atoms with Crippen molar-refractivity contribution in [3.63, 3.8) is 0 Å². The third kappa shape index (κ3) is 1.84. The Morgan fingerprint density at radius 2 is 2.11 bits per heavy atom. The van der Waals surface area contributed by atoms with Crippen LogP contribution in [0.1, 0.15) is 41.4 Å². The fraction of sp³-hybridized carbons (Fsp3) is 0.333. The number of carboxylic acid groups (broad SMARTS) is 1. The highest BCUT2D eigenvalue weighted by Gasteiger charge is 2.25. The monoisotopic (exact) mass is 257 g/mol. The Bertz CT molecular complexity index is 683. The van der Waals surface area contributed by atoms with Crippen LogP contribution in [0.4, 0.5) is 0 Å². The summed E-state index contributed by atoms with van der Waals surface area (Å²) in [5.74, 6) is -0.971. The van der Waals surface area contributed by atoms with Gasteiger partial charge in [0, 0.05) is 23.5 Å². The molecule has 0 bridgehead atoms. The summed E-state index contributed by atoms with van der Waals surface area (Å²) in [6, 6.07) is 5.00. The molecule has 0 radical (unpaired) electrons. The Balaban J connectivity index is 2.33. The largest absolute Gasteiger partial charge is 0.478 e. The van der Waals surface area contributed by atoms with Crippen molar-refractivity contribution in [3.05, 3.63) is 45.9 Å². The van der Waals surface area contributed by atoms with Crippen LogP contribution in [0.15, 0.2) is 29.2 Å². The van der Waals surface area contributed by atoms with Gasteiger partial charge >= 0.3 is 5.97 Å². The molecule has 0 aromatic rings. The van der Waals surface area contributed by atoms with E-state index < -0.39 is 5.97 Å². The number of benzene rings is 1. The van der Waals surface area contributed by atoms with Crippen molar-refractivity contribution in [1.29, 1.82) is 0 Å². The van der Waals surface area contributed by atoms with E-state index in [0.717, 1.165) is 24.1 Å². The van der Waals surface area contributed by atoms with Crippen molar-refractivity contribution < 1.29 is 9.90 Å². The normalized spacial score (nSPS) is 15.4. The Hall–Kier alpha value is -2.10. The number of rotatable bonds is 2. The molecule has 1 heterocycles. The highest BCUT2D eigenvalue weighted by atomic mass is 16.4. The second kappa shape index (κ2) is 4.23. The van der Waals surface area contributed by atoms with Crippen molar-refractivity contribution in [3.8, 4) is 11.1 Å². The Labute approximate surface area is 110 Å². The fourth-order valence-corrected chi connectivity index (χ4v) is 2.75. The summed E-state index contributed by atoms with van der Waals surface area (Å²) in [6.45, 7) is 1.82. The first-order chi connectivity index (χ1) is 9.08. The molecular formula is C15H15NO3. The third-order valence-corrected chi connectivity index (χ3v) is 4.00. The molecular weight excluding hydrogens is 242 g/mol. The molecule has 2 aliphatic carbocycles. The van der Waals surface area contributed by atoms with E-state index >= 15 is 0 Å². The van der Waals surface area contributed by atoms with Crippen molar-refractivity contribution in [2.24, 2.45) is 0 Å². The molecule has 0 aromatic carbocycles. The van der Waals surface area contributed by atoms with Gasteiger partial charge in [-0.1, -0.05) is 0 Å². The zero-order chi connectivity index (χ0) is 13.6. The van der Waals surface area contributed by atoms with E-state index in [-0.39, 0.29) is 11.0 Å². The zero-order valence-electron chi connectivity index (χ0n) is 10.7. The Morgan fingerprint density at radius 1 is 1.37 bits per heavy atom. The molecule has 0 saturated heterocycles. The maximum absolute atomic E-state index is 11.5. The van der Waals surface area contributed by atoms with Crippen LogP contribution < -0.4 is 5.43 Å². The van der Waals surface area contributed by atoms with Gasteiger partial charge in [0.2, 0.25) is 0 Å². The van der Waals surface area contributed by atoms with Crippen LogP contribution in [0.3, 0.4) is 0 Å². The maximum Gasteiger partial charge on any atom is 0.338 e. The molecule has 1 aliphatic heterocycles. The van der Waals surface area contributed by atoms with E-state index in [1.54, 1.807) is 6.07 Å². The first-order valence-corrected chi connectivity index (χ1v) is 6.47. The summed E-state index contributed by atoms with van der Waals surface area (Å²) in [7, 11) is 0. The Morgan fingerprint density at radius 3 is 2.68 bits per heavy atom. The van der Waals surface area contributed by atoms with Gasteiger partial charge in [-0.05, 0) is 49.9 Å². The molecule has 1 fully saturated rings. The van der Waals surface area contributed by atoms with Crippen LogP contribution in [0.2, 0.25) is 0 Å². The summed E-state index contributed by atoms with van der Waals surface area (Å²) >= 11 is 0.